The van der Waals surface area contributed by atoms with Crippen molar-refractivity contribution >= 4 is 37.6 Å². The molecule has 0 amide bonds. The molecule has 0 radical (unpaired) electrons. The van der Waals surface area contributed by atoms with E-state index in [4.69, 9.17) is 14.6 Å². The van der Waals surface area contributed by atoms with Gasteiger partial charge in [0.1, 0.15) is 13.2 Å². The van der Waals surface area contributed by atoms with Crippen LogP contribution in [0, 0.1) is 0 Å². The normalized spacial score (nSPS) is 15.5. The zero-order valence-corrected chi connectivity index (χ0v) is 12.8. The van der Waals surface area contributed by atoms with E-state index in [2.05, 4.69) is 20.7 Å². The van der Waals surface area contributed by atoms with Gasteiger partial charge in [0.2, 0.25) is 10.0 Å². The van der Waals surface area contributed by atoms with Crippen LogP contribution in [0.4, 0.5) is 5.69 Å². The van der Waals surface area contributed by atoms with Crippen molar-refractivity contribution in [2.45, 2.75) is 12.2 Å². The Bertz CT molecular complexity index is 645. The number of aliphatic carboxylic acids is 1. The molecule has 9 heteroatoms. The van der Waals surface area contributed by atoms with Crippen LogP contribution in [-0.2, 0) is 14.8 Å². The summed E-state index contributed by atoms with van der Waals surface area (Å²) in [5, 5.41) is 7.21. The van der Waals surface area contributed by atoms with Gasteiger partial charge >= 0.3 is 5.97 Å². The Balaban J connectivity index is 2.32. The quantitative estimate of drug-likeness (QED) is 0.836. The second kappa shape index (κ2) is 5.49. The van der Waals surface area contributed by atoms with Crippen LogP contribution in [0.3, 0.4) is 0 Å². The molecule has 0 saturated carbocycles. The van der Waals surface area contributed by atoms with Gasteiger partial charge in [-0.15, -0.1) is 0 Å². The van der Waals surface area contributed by atoms with E-state index in [1.807, 2.05) is 0 Å². The van der Waals surface area contributed by atoms with Crippen LogP contribution >= 0.6 is 15.9 Å². The number of benzene rings is 1. The maximum Gasteiger partial charge on any atom is 0.323 e. The average Bonchev–Trinajstić information content (AvgIpc) is 2.38. The lowest BCUT2D eigenvalue weighted by molar-refractivity contribution is -0.136. The van der Waals surface area contributed by atoms with Gasteiger partial charge < -0.3 is 14.6 Å². The summed E-state index contributed by atoms with van der Waals surface area (Å²) in [6.07, 6.45) is 0. The molecule has 0 aliphatic carbocycles. The Kier molecular flexibility index (Phi) is 4.09. The van der Waals surface area contributed by atoms with Crippen molar-refractivity contribution in [3.05, 3.63) is 16.6 Å². The molecule has 0 fully saturated rings. The lowest BCUT2D eigenvalue weighted by Crippen LogP contribution is -2.32. The van der Waals surface area contributed by atoms with Gasteiger partial charge in [-0.25, -0.2) is 8.42 Å². The number of rotatable bonds is 4. The first-order valence-electron chi connectivity index (χ1n) is 5.65. The lowest BCUT2D eigenvalue weighted by Gasteiger charge is -2.20. The Hall–Kier alpha value is -1.48. The second-order valence-corrected chi connectivity index (χ2v) is 6.96. The molecule has 1 aliphatic heterocycles. The van der Waals surface area contributed by atoms with E-state index in [1.165, 1.54) is 6.07 Å². The molecule has 110 valence electrons. The zero-order valence-electron chi connectivity index (χ0n) is 10.4. The van der Waals surface area contributed by atoms with E-state index in [9.17, 15) is 13.2 Å². The van der Waals surface area contributed by atoms with Crippen molar-refractivity contribution in [1.82, 2.24) is 0 Å². The third kappa shape index (κ3) is 2.98. The van der Waals surface area contributed by atoms with Gasteiger partial charge in [-0.1, -0.05) is 0 Å². The molecule has 1 aromatic carbocycles. The van der Waals surface area contributed by atoms with Crippen LogP contribution in [0.15, 0.2) is 16.6 Å². The highest BCUT2D eigenvalue weighted by atomic mass is 79.9. The van der Waals surface area contributed by atoms with Crippen LogP contribution < -0.4 is 14.2 Å². The molecule has 2 rings (SSSR count). The fourth-order valence-electron chi connectivity index (χ4n) is 1.52. The summed E-state index contributed by atoms with van der Waals surface area (Å²) in [6, 6.07) is 3.02. The fourth-order valence-corrected chi connectivity index (χ4v) is 2.99. The van der Waals surface area contributed by atoms with Crippen LogP contribution in [0.25, 0.3) is 0 Å². The van der Waals surface area contributed by atoms with Crippen LogP contribution in [0.1, 0.15) is 6.92 Å². The van der Waals surface area contributed by atoms with Crippen LogP contribution in [-0.4, -0.2) is 38.0 Å². The maximum absolute atomic E-state index is 11.9. The molecule has 1 aliphatic rings. The molecule has 0 aromatic heterocycles. The topological polar surface area (TPSA) is 102 Å². The summed E-state index contributed by atoms with van der Waals surface area (Å²) in [4.78, 5) is 10.8. The highest BCUT2D eigenvalue weighted by Gasteiger charge is 2.28. The number of nitrogens with one attached hydrogen (secondary N) is 1. The van der Waals surface area contributed by atoms with Gasteiger partial charge in [-0.3, -0.25) is 9.52 Å². The summed E-state index contributed by atoms with van der Waals surface area (Å²) >= 11 is 3.20. The van der Waals surface area contributed by atoms with Gasteiger partial charge in [-0.2, -0.15) is 0 Å². The van der Waals surface area contributed by atoms with E-state index in [-0.39, 0.29) is 5.69 Å². The highest BCUT2D eigenvalue weighted by molar-refractivity contribution is 9.10. The highest BCUT2D eigenvalue weighted by Crippen LogP contribution is 2.38. The number of carboxylic acids is 1. The predicted molar refractivity (Wildman–Crippen MR) is 74.8 cm³/mol. The first-order chi connectivity index (χ1) is 9.31. The monoisotopic (exact) mass is 365 g/mol. The van der Waals surface area contributed by atoms with Gasteiger partial charge in [-0.05, 0) is 22.9 Å². The number of halogens is 1. The van der Waals surface area contributed by atoms with Crippen molar-refractivity contribution in [3.63, 3.8) is 0 Å². The summed E-state index contributed by atoms with van der Waals surface area (Å²) < 4.78 is 37.1. The number of ether oxygens (including phenoxy) is 2. The minimum absolute atomic E-state index is 0.197. The molecule has 20 heavy (non-hydrogen) atoms. The number of carboxylic acid groups (broad SMARTS) is 1. The third-order valence-electron chi connectivity index (χ3n) is 2.70. The zero-order chi connectivity index (χ0) is 14.9. The van der Waals surface area contributed by atoms with E-state index < -0.39 is 21.2 Å². The SMILES string of the molecule is CC(C(=O)O)S(=O)(=O)Nc1cc2c(cc1Br)OCCO2. The van der Waals surface area contributed by atoms with Crippen molar-refractivity contribution in [1.29, 1.82) is 0 Å². The molecule has 0 bridgehead atoms. The molecule has 2 N–H and O–H groups in total. The molecule has 1 heterocycles. The Morgan fingerprint density at radius 3 is 2.45 bits per heavy atom. The third-order valence-corrected chi connectivity index (χ3v) is 4.99. The van der Waals surface area contributed by atoms with Gasteiger partial charge in [0, 0.05) is 16.6 Å². The molecular formula is C11H12BrNO6S. The van der Waals surface area contributed by atoms with Crippen molar-refractivity contribution in [2.75, 3.05) is 17.9 Å². The lowest BCUT2D eigenvalue weighted by atomic mass is 10.2. The predicted octanol–water partition coefficient (Wildman–Crippen LogP) is 1.44. The van der Waals surface area contributed by atoms with E-state index >= 15 is 0 Å². The molecule has 1 aromatic rings. The Morgan fingerprint density at radius 1 is 1.35 bits per heavy atom. The molecule has 0 saturated heterocycles. The second-order valence-electron chi connectivity index (χ2n) is 4.10. The van der Waals surface area contributed by atoms with Gasteiger partial charge in [0.25, 0.3) is 0 Å². The first-order valence-corrected chi connectivity index (χ1v) is 7.99. The number of hydrogen-bond donors (Lipinski definition) is 2. The van der Waals surface area contributed by atoms with Gasteiger partial charge in [0.05, 0.1) is 5.69 Å². The van der Waals surface area contributed by atoms with Gasteiger partial charge in [0.15, 0.2) is 16.7 Å². The Labute approximate surface area is 124 Å². The first kappa shape index (κ1) is 14.9. The van der Waals surface area contributed by atoms with Crippen molar-refractivity contribution in [2.24, 2.45) is 0 Å². The number of fused-ring (bicyclic) bond motifs is 1. The smallest absolute Gasteiger partial charge is 0.323 e. The average molecular weight is 366 g/mol. The number of carbonyl (C=O) groups is 1. The number of anilines is 1. The molecular weight excluding hydrogens is 354 g/mol. The summed E-state index contributed by atoms with van der Waals surface area (Å²) in [5.74, 6) is -0.524. The maximum atomic E-state index is 11.9. The molecule has 0 spiro atoms. The van der Waals surface area contributed by atoms with E-state index in [1.54, 1.807) is 6.07 Å². The number of hydrogen-bond acceptors (Lipinski definition) is 5. The summed E-state index contributed by atoms with van der Waals surface area (Å²) in [6.45, 7) is 1.88. The Morgan fingerprint density at radius 2 is 1.90 bits per heavy atom. The molecule has 1 atom stereocenters. The summed E-state index contributed by atoms with van der Waals surface area (Å²) in [7, 11) is -4.04. The van der Waals surface area contributed by atoms with E-state index in [0.717, 1.165) is 6.92 Å². The molecule has 1 unspecified atom stereocenters. The summed E-state index contributed by atoms with van der Waals surface area (Å²) in [5.41, 5.74) is 0.197. The fraction of sp³-hybridized carbons (Fsp3) is 0.364. The van der Waals surface area contributed by atoms with Crippen LogP contribution in [0.2, 0.25) is 0 Å². The van der Waals surface area contributed by atoms with Crippen molar-refractivity contribution < 1.29 is 27.8 Å². The van der Waals surface area contributed by atoms with Crippen LogP contribution in [0.5, 0.6) is 11.5 Å². The number of sulfonamides is 1. The standard InChI is InChI=1S/C11H12BrNO6S/c1-6(11(14)15)20(16,17)13-8-5-10-9(4-7(8)12)18-2-3-19-10/h4-6,13H,2-3H2,1H3,(H,14,15). The minimum atomic E-state index is -4.04. The largest absolute Gasteiger partial charge is 0.486 e. The van der Waals surface area contributed by atoms with E-state index in [0.29, 0.717) is 29.2 Å². The molecule has 7 nitrogen and oxygen atoms in total. The minimum Gasteiger partial charge on any atom is -0.486 e. The van der Waals surface area contributed by atoms with Crippen molar-refractivity contribution in [3.8, 4) is 11.5 Å².